The van der Waals surface area contributed by atoms with Crippen LogP contribution in [0.3, 0.4) is 0 Å². The number of carboxylic acids is 1. The summed E-state index contributed by atoms with van der Waals surface area (Å²) in [5.74, 6) is -2.29. The van der Waals surface area contributed by atoms with Crippen LogP contribution in [0.15, 0.2) is 24.3 Å². The molecular weight excluding hydrogens is 260 g/mol. The number of nitrogens with two attached hydrogens (primary N) is 1. The third-order valence-corrected chi connectivity index (χ3v) is 3.58. The maximum absolute atomic E-state index is 12.0. The van der Waals surface area contributed by atoms with Gasteiger partial charge in [-0.1, -0.05) is 6.42 Å². The second kappa shape index (κ2) is 5.73. The highest BCUT2D eigenvalue weighted by Crippen LogP contribution is 2.26. The fourth-order valence-corrected chi connectivity index (χ4v) is 2.47. The van der Waals surface area contributed by atoms with Crippen molar-refractivity contribution in [2.75, 3.05) is 0 Å². The van der Waals surface area contributed by atoms with E-state index in [-0.39, 0.29) is 11.9 Å². The van der Waals surface area contributed by atoms with Gasteiger partial charge in [0.1, 0.15) is 0 Å². The van der Waals surface area contributed by atoms with E-state index in [9.17, 15) is 14.4 Å². The normalized spacial score (nSPS) is 21.4. The summed E-state index contributed by atoms with van der Waals surface area (Å²) in [4.78, 5) is 34.0. The quantitative estimate of drug-likeness (QED) is 0.754. The second-order valence-corrected chi connectivity index (χ2v) is 4.90. The number of hydrogen-bond acceptors (Lipinski definition) is 3. The molecule has 1 aromatic rings. The highest BCUT2D eigenvalue weighted by Gasteiger charge is 2.33. The van der Waals surface area contributed by atoms with Gasteiger partial charge in [0.2, 0.25) is 5.91 Å². The minimum Gasteiger partial charge on any atom is -0.481 e. The van der Waals surface area contributed by atoms with Crippen molar-refractivity contribution in [1.82, 2.24) is 5.32 Å². The SMILES string of the molecule is NC(=O)c1ccc(C(=O)NC2CCCC2C(=O)O)cc1. The van der Waals surface area contributed by atoms with Crippen molar-refractivity contribution in [3.05, 3.63) is 35.4 Å². The van der Waals surface area contributed by atoms with Crippen LogP contribution in [0.5, 0.6) is 0 Å². The van der Waals surface area contributed by atoms with Crippen LogP contribution in [0.1, 0.15) is 40.0 Å². The van der Waals surface area contributed by atoms with Gasteiger partial charge in [0.25, 0.3) is 5.91 Å². The number of hydrogen-bond donors (Lipinski definition) is 3. The summed E-state index contributed by atoms with van der Waals surface area (Å²) in [6.45, 7) is 0. The number of carboxylic acid groups (broad SMARTS) is 1. The van der Waals surface area contributed by atoms with Gasteiger partial charge in [0.15, 0.2) is 0 Å². The van der Waals surface area contributed by atoms with Crippen LogP contribution < -0.4 is 11.1 Å². The Labute approximate surface area is 116 Å². The number of carbonyl (C=O) groups is 3. The molecule has 106 valence electrons. The highest BCUT2D eigenvalue weighted by molar-refractivity contribution is 5.97. The average Bonchev–Trinajstić information content (AvgIpc) is 2.87. The molecular formula is C14H16N2O4. The Morgan fingerprint density at radius 3 is 2.25 bits per heavy atom. The summed E-state index contributed by atoms with van der Waals surface area (Å²) in [7, 11) is 0. The molecule has 0 bridgehead atoms. The minimum absolute atomic E-state index is 0.325. The van der Waals surface area contributed by atoms with Crippen molar-refractivity contribution in [2.45, 2.75) is 25.3 Å². The third-order valence-electron chi connectivity index (χ3n) is 3.58. The predicted molar refractivity (Wildman–Crippen MR) is 71.2 cm³/mol. The standard InChI is InChI=1S/C14H16N2O4/c15-12(17)8-4-6-9(7-5-8)13(18)16-11-3-1-2-10(11)14(19)20/h4-7,10-11H,1-3H2,(H2,15,17)(H,16,18)(H,19,20). The first-order valence-electron chi connectivity index (χ1n) is 6.42. The zero-order valence-corrected chi connectivity index (χ0v) is 10.8. The van der Waals surface area contributed by atoms with E-state index >= 15 is 0 Å². The highest BCUT2D eigenvalue weighted by atomic mass is 16.4. The van der Waals surface area contributed by atoms with Crippen LogP contribution in [0, 0.1) is 5.92 Å². The minimum atomic E-state index is -0.878. The average molecular weight is 276 g/mol. The van der Waals surface area contributed by atoms with E-state index in [0.717, 1.165) is 6.42 Å². The monoisotopic (exact) mass is 276 g/mol. The van der Waals surface area contributed by atoms with Crippen molar-refractivity contribution in [3.8, 4) is 0 Å². The number of amides is 2. The van der Waals surface area contributed by atoms with Gasteiger partial charge >= 0.3 is 5.97 Å². The molecule has 2 atom stereocenters. The van der Waals surface area contributed by atoms with Gasteiger partial charge in [-0.2, -0.15) is 0 Å². The summed E-state index contributed by atoms with van der Waals surface area (Å²) in [5.41, 5.74) is 5.82. The molecule has 1 fully saturated rings. The molecule has 20 heavy (non-hydrogen) atoms. The lowest BCUT2D eigenvalue weighted by atomic mass is 10.0. The van der Waals surface area contributed by atoms with Crippen LogP contribution in [0.4, 0.5) is 0 Å². The fraction of sp³-hybridized carbons (Fsp3) is 0.357. The Hall–Kier alpha value is -2.37. The van der Waals surface area contributed by atoms with Crippen molar-refractivity contribution in [3.63, 3.8) is 0 Å². The van der Waals surface area contributed by atoms with Gasteiger partial charge in [0.05, 0.1) is 5.92 Å². The zero-order chi connectivity index (χ0) is 14.7. The van der Waals surface area contributed by atoms with E-state index in [0.29, 0.717) is 24.0 Å². The molecule has 1 aliphatic rings. The summed E-state index contributed by atoms with van der Waals surface area (Å²) in [6, 6.07) is 5.61. The Kier molecular flexibility index (Phi) is 4.02. The maximum atomic E-state index is 12.0. The molecule has 4 N–H and O–H groups in total. The van der Waals surface area contributed by atoms with Gasteiger partial charge in [0, 0.05) is 17.2 Å². The number of nitrogens with one attached hydrogen (secondary N) is 1. The topological polar surface area (TPSA) is 109 Å². The second-order valence-electron chi connectivity index (χ2n) is 4.90. The smallest absolute Gasteiger partial charge is 0.308 e. The Morgan fingerprint density at radius 2 is 1.70 bits per heavy atom. The van der Waals surface area contributed by atoms with E-state index in [1.165, 1.54) is 24.3 Å². The van der Waals surface area contributed by atoms with Crippen LogP contribution in [-0.4, -0.2) is 28.9 Å². The number of rotatable bonds is 4. The largest absolute Gasteiger partial charge is 0.481 e. The number of carbonyl (C=O) groups excluding carboxylic acids is 2. The Morgan fingerprint density at radius 1 is 1.10 bits per heavy atom. The summed E-state index contributed by atoms with van der Waals surface area (Å²) in [5, 5.41) is 11.8. The third kappa shape index (κ3) is 2.96. The van der Waals surface area contributed by atoms with Gasteiger partial charge in [-0.25, -0.2) is 0 Å². The lowest BCUT2D eigenvalue weighted by Crippen LogP contribution is -2.40. The first-order chi connectivity index (χ1) is 9.49. The number of benzene rings is 1. The molecule has 1 aromatic carbocycles. The summed E-state index contributed by atoms with van der Waals surface area (Å²) in [6.07, 6.45) is 2.05. The van der Waals surface area contributed by atoms with Gasteiger partial charge in [-0.05, 0) is 37.1 Å². The van der Waals surface area contributed by atoms with E-state index in [4.69, 9.17) is 10.8 Å². The molecule has 2 rings (SSSR count). The lowest BCUT2D eigenvalue weighted by Gasteiger charge is -2.17. The predicted octanol–water partition coefficient (Wildman–Crippen LogP) is 0.769. The maximum Gasteiger partial charge on any atom is 0.308 e. The first kappa shape index (κ1) is 14.0. The lowest BCUT2D eigenvalue weighted by molar-refractivity contribution is -0.142. The summed E-state index contributed by atoms with van der Waals surface area (Å²) >= 11 is 0. The van der Waals surface area contributed by atoms with Crippen LogP contribution in [0.2, 0.25) is 0 Å². The van der Waals surface area contributed by atoms with Gasteiger partial charge in [-0.15, -0.1) is 0 Å². The van der Waals surface area contributed by atoms with Gasteiger partial charge < -0.3 is 16.2 Å². The van der Waals surface area contributed by atoms with Crippen LogP contribution >= 0.6 is 0 Å². The molecule has 0 aromatic heterocycles. The molecule has 0 heterocycles. The Balaban J connectivity index is 2.04. The molecule has 1 saturated carbocycles. The molecule has 2 unspecified atom stereocenters. The van der Waals surface area contributed by atoms with E-state index in [1.54, 1.807) is 0 Å². The van der Waals surface area contributed by atoms with E-state index in [1.807, 2.05) is 0 Å². The Bertz CT molecular complexity index is 539. The molecule has 6 nitrogen and oxygen atoms in total. The fourth-order valence-electron chi connectivity index (χ4n) is 2.47. The number of aliphatic carboxylic acids is 1. The summed E-state index contributed by atoms with van der Waals surface area (Å²) < 4.78 is 0. The van der Waals surface area contributed by atoms with Crippen molar-refractivity contribution < 1.29 is 19.5 Å². The first-order valence-corrected chi connectivity index (χ1v) is 6.42. The molecule has 1 aliphatic carbocycles. The van der Waals surface area contributed by atoms with Crippen molar-refractivity contribution in [2.24, 2.45) is 11.7 Å². The van der Waals surface area contributed by atoms with Gasteiger partial charge in [-0.3, -0.25) is 14.4 Å². The zero-order valence-electron chi connectivity index (χ0n) is 10.8. The van der Waals surface area contributed by atoms with Crippen LogP contribution in [-0.2, 0) is 4.79 Å². The van der Waals surface area contributed by atoms with Crippen molar-refractivity contribution >= 4 is 17.8 Å². The number of primary amides is 1. The molecule has 6 heteroatoms. The molecule has 0 spiro atoms. The van der Waals surface area contributed by atoms with Crippen molar-refractivity contribution in [1.29, 1.82) is 0 Å². The van der Waals surface area contributed by atoms with E-state index < -0.39 is 17.8 Å². The van der Waals surface area contributed by atoms with Crippen LogP contribution in [0.25, 0.3) is 0 Å². The molecule has 0 saturated heterocycles. The molecule has 0 aliphatic heterocycles. The van der Waals surface area contributed by atoms with E-state index in [2.05, 4.69) is 5.32 Å². The molecule has 2 amide bonds. The molecule has 0 radical (unpaired) electrons.